The van der Waals surface area contributed by atoms with E-state index in [1.807, 2.05) is 6.07 Å². The van der Waals surface area contributed by atoms with E-state index in [-0.39, 0.29) is 5.92 Å². The summed E-state index contributed by atoms with van der Waals surface area (Å²) in [5.74, 6) is 0.138. The van der Waals surface area contributed by atoms with Gasteiger partial charge in [0, 0.05) is 25.6 Å². The highest BCUT2D eigenvalue weighted by Gasteiger charge is 2.31. The average Bonchev–Trinajstić information content (AvgIpc) is 2.84. The number of ether oxygens (including phenoxy) is 1. The molecule has 0 bridgehead atoms. The summed E-state index contributed by atoms with van der Waals surface area (Å²) in [5.41, 5.74) is 2.65. The molecular weight excluding hydrogens is 400 g/mol. The fourth-order valence-corrected chi connectivity index (χ4v) is 5.02. The minimum absolute atomic E-state index is 0.174. The van der Waals surface area contributed by atoms with Crippen molar-refractivity contribution in [1.82, 2.24) is 9.80 Å². The van der Waals surface area contributed by atoms with Crippen LogP contribution in [-0.4, -0.2) is 66.2 Å². The molecule has 1 N–H and O–H groups in total. The third-order valence-electron chi connectivity index (χ3n) is 7.02. The third-order valence-corrected chi connectivity index (χ3v) is 7.02. The Hall–Kier alpha value is -2.37. The highest BCUT2D eigenvalue weighted by molar-refractivity contribution is 5.70. The maximum absolute atomic E-state index is 11.3. The van der Waals surface area contributed by atoms with E-state index in [0.29, 0.717) is 12.6 Å². The topological polar surface area (TPSA) is 53.0 Å². The van der Waals surface area contributed by atoms with Gasteiger partial charge in [0.25, 0.3) is 0 Å². The van der Waals surface area contributed by atoms with Gasteiger partial charge in [0.1, 0.15) is 5.75 Å². The molecule has 5 nitrogen and oxygen atoms in total. The first-order valence-electron chi connectivity index (χ1n) is 12.1. The van der Waals surface area contributed by atoms with Crippen LogP contribution in [-0.2, 0) is 17.6 Å². The van der Waals surface area contributed by atoms with Gasteiger partial charge in [-0.25, -0.2) is 0 Å². The number of carbonyl (C=O) groups is 1. The van der Waals surface area contributed by atoms with Crippen LogP contribution in [0, 0.1) is 5.92 Å². The van der Waals surface area contributed by atoms with Crippen LogP contribution in [0.2, 0.25) is 0 Å². The van der Waals surface area contributed by atoms with E-state index in [0.717, 1.165) is 77.0 Å². The lowest BCUT2D eigenvalue weighted by molar-refractivity contribution is -0.144. The number of piperidine rings is 2. The summed E-state index contributed by atoms with van der Waals surface area (Å²) in [6, 6.07) is 19.5. The van der Waals surface area contributed by atoms with Gasteiger partial charge in [0.05, 0.1) is 12.5 Å². The SMILES string of the molecule is O=C(O)C1CCCN(C2CCN(CCc3ccc(OCCc4ccccc4)cc3)CC2)C1. The molecule has 2 aliphatic heterocycles. The molecule has 2 saturated heterocycles. The zero-order valence-electron chi connectivity index (χ0n) is 19.0. The van der Waals surface area contributed by atoms with Crippen molar-refractivity contribution in [3.8, 4) is 5.75 Å². The lowest BCUT2D eigenvalue weighted by Crippen LogP contribution is -2.49. The third kappa shape index (κ3) is 6.57. The molecule has 0 saturated carbocycles. The van der Waals surface area contributed by atoms with Gasteiger partial charge in [-0.05, 0) is 75.0 Å². The molecule has 2 heterocycles. The Morgan fingerprint density at radius 1 is 0.906 bits per heavy atom. The van der Waals surface area contributed by atoms with Crippen LogP contribution in [0.25, 0.3) is 0 Å². The number of likely N-dealkylation sites (tertiary alicyclic amines) is 2. The smallest absolute Gasteiger partial charge is 0.307 e. The molecular formula is C27H36N2O3. The number of hydrogen-bond donors (Lipinski definition) is 1. The summed E-state index contributed by atoms with van der Waals surface area (Å²) < 4.78 is 5.90. The van der Waals surface area contributed by atoms with Crippen molar-refractivity contribution in [2.24, 2.45) is 5.92 Å². The number of carboxylic acid groups (broad SMARTS) is 1. The molecule has 172 valence electrons. The maximum Gasteiger partial charge on any atom is 0.307 e. The molecule has 0 amide bonds. The maximum atomic E-state index is 11.3. The van der Waals surface area contributed by atoms with Crippen molar-refractivity contribution in [1.29, 1.82) is 0 Å². The molecule has 1 unspecified atom stereocenters. The van der Waals surface area contributed by atoms with Crippen LogP contribution in [0.4, 0.5) is 0 Å². The molecule has 2 aromatic rings. The molecule has 32 heavy (non-hydrogen) atoms. The second kappa shape index (κ2) is 11.5. The van der Waals surface area contributed by atoms with Crippen molar-refractivity contribution in [2.75, 3.05) is 39.3 Å². The lowest BCUT2D eigenvalue weighted by Gasteiger charge is -2.41. The second-order valence-corrected chi connectivity index (χ2v) is 9.22. The fraction of sp³-hybridized carbons (Fsp3) is 0.519. The molecule has 0 aromatic heterocycles. The molecule has 0 aliphatic carbocycles. The second-order valence-electron chi connectivity index (χ2n) is 9.22. The Kier molecular flexibility index (Phi) is 8.18. The molecule has 0 spiro atoms. The van der Waals surface area contributed by atoms with Crippen LogP contribution < -0.4 is 4.74 Å². The summed E-state index contributed by atoms with van der Waals surface area (Å²) in [6.45, 7) is 5.80. The van der Waals surface area contributed by atoms with Crippen molar-refractivity contribution >= 4 is 5.97 Å². The van der Waals surface area contributed by atoms with Crippen LogP contribution in [0.15, 0.2) is 54.6 Å². The largest absolute Gasteiger partial charge is 0.493 e. The van der Waals surface area contributed by atoms with Gasteiger partial charge < -0.3 is 14.7 Å². The summed E-state index contributed by atoms with van der Waals surface area (Å²) in [7, 11) is 0. The molecule has 2 fully saturated rings. The Bertz CT molecular complexity index is 832. The van der Waals surface area contributed by atoms with Gasteiger partial charge in [-0.15, -0.1) is 0 Å². The lowest BCUT2D eigenvalue weighted by atomic mass is 9.94. The van der Waals surface area contributed by atoms with Gasteiger partial charge in [0.15, 0.2) is 0 Å². The summed E-state index contributed by atoms with van der Waals surface area (Å²) >= 11 is 0. The van der Waals surface area contributed by atoms with Gasteiger partial charge in [-0.2, -0.15) is 0 Å². The summed E-state index contributed by atoms with van der Waals surface area (Å²) in [6.07, 6.45) is 6.14. The molecule has 1 atom stereocenters. The highest BCUT2D eigenvalue weighted by Crippen LogP contribution is 2.24. The summed E-state index contributed by atoms with van der Waals surface area (Å²) in [4.78, 5) is 16.3. The average molecular weight is 437 g/mol. The van der Waals surface area contributed by atoms with Crippen molar-refractivity contribution < 1.29 is 14.6 Å². The Balaban J connectivity index is 1.14. The van der Waals surface area contributed by atoms with E-state index >= 15 is 0 Å². The van der Waals surface area contributed by atoms with Crippen molar-refractivity contribution in [3.05, 3.63) is 65.7 Å². The predicted molar refractivity (Wildman–Crippen MR) is 127 cm³/mol. The Morgan fingerprint density at radius 3 is 2.34 bits per heavy atom. The zero-order chi connectivity index (χ0) is 22.2. The van der Waals surface area contributed by atoms with Crippen molar-refractivity contribution in [2.45, 2.75) is 44.6 Å². The van der Waals surface area contributed by atoms with Crippen LogP contribution in [0.3, 0.4) is 0 Å². The van der Waals surface area contributed by atoms with Crippen LogP contribution in [0.5, 0.6) is 5.75 Å². The van der Waals surface area contributed by atoms with Gasteiger partial charge >= 0.3 is 5.97 Å². The van der Waals surface area contributed by atoms with E-state index in [9.17, 15) is 9.90 Å². The van der Waals surface area contributed by atoms with Gasteiger partial charge in [-0.3, -0.25) is 9.69 Å². The highest BCUT2D eigenvalue weighted by atomic mass is 16.5. The van der Waals surface area contributed by atoms with Gasteiger partial charge in [0.2, 0.25) is 0 Å². The number of aliphatic carboxylic acids is 1. The number of carboxylic acids is 1. The van der Waals surface area contributed by atoms with E-state index in [2.05, 4.69) is 58.3 Å². The molecule has 2 aliphatic rings. The molecule has 2 aromatic carbocycles. The molecule has 4 rings (SSSR count). The summed E-state index contributed by atoms with van der Waals surface area (Å²) in [5, 5.41) is 9.34. The van der Waals surface area contributed by atoms with Gasteiger partial charge in [-0.1, -0.05) is 42.5 Å². The quantitative estimate of drug-likeness (QED) is 0.641. The predicted octanol–water partition coefficient (Wildman–Crippen LogP) is 4.11. The normalized spacial score (nSPS) is 20.8. The van der Waals surface area contributed by atoms with E-state index < -0.39 is 5.97 Å². The van der Waals surface area contributed by atoms with E-state index in [1.165, 1.54) is 11.1 Å². The number of benzene rings is 2. The molecule has 5 heteroatoms. The Morgan fingerprint density at radius 2 is 1.62 bits per heavy atom. The standard InChI is InChI=1S/C27H36N2O3/c30-27(31)24-7-4-16-29(21-24)25-13-18-28(19-14-25)17-12-23-8-10-26(11-9-23)32-20-15-22-5-2-1-3-6-22/h1-3,5-6,8-11,24-25H,4,7,12-21H2,(H,30,31). The number of nitrogens with zero attached hydrogens (tertiary/aromatic N) is 2. The van der Waals surface area contributed by atoms with E-state index in [1.54, 1.807) is 0 Å². The number of rotatable bonds is 9. The van der Waals surface area contributed by atoms with Crippen molar-refractivity contribution in [3.63, 3.8) is 0 Å². The fourth-order valence-electron chi connectivity index (χ4n) is 5.02. The minimum atomic E-state index is -0.625. The first-order chi connectivity index (χ1) is 15.7. The number of hydrogen-bond acceptors (Lipinski definition) is 4. The van der Waals surface area contributed by atoms with E-state index in [4.69, 9.17) is 4.74 Å². The Labute approximate surface area is 192 Å². The van der Waals surface area contributed by atoms with Crippen LogP contribution in [0.1, 0.15) is 36.8 Å². The van der Waals surface area contributed by atoms with Crippen LogP contribution >= 0.6 is 0 Å². The first kappa shape index (κ1) is 22.8. The first-order valence-corrected chi connectivity index (χ1v) is 12.1. The zero-order valence-corrected chi connectivity index (χ0v) is 19.0. The molecule has 0 radical (unpaired) electrons. The monoisotopic (exact) mass is 436 g/mol. The minimum Gasteiger partial charge on any atom is -0.493 e.